The van der Waals surface area contributed by atoms with Crippen molar-refractivity contribution in [2.75, 3.05) is 0 Å². The zero-order valence-electron chi connectivity index (χ0n) is 10.7. The molecule has 3 heteroatoms. The smallest absolute Gasteiger partial charge is 0.152 e. The maximum atomic E-state index is 11.1. The molecule has 0 amide bonds. The van der Waals surface area contributed by atoms with Gasteiger partial charge < -0.3 is 4.57 Å². The summed E-state index contributed by atoms with van der Waals surface area (Å²) in [5, 5.41) is 0.998. The summed E-state index contributed by atoms with van der Waals surface area (Å²) in [4.78, 5) is 15.3. The van der Waals surface area contributed by atoms with Crippen molar-refractivity contribution in [1.82, 2.24) is 9.55 Å². The second kappa shape index (κ2) is 4.69. The maximum absolute atomic E-state index is 11.1. The molecule has 0 saturated heterocycles. The molecule has 2 heterocycles. The van der Waals surface area contributed by atoms with E-state index in [4.69, 9.17) is 0 Å². The Balaban J connectivity index is 2.08. The zero-order valence-corrected chi connectivity index (χ0v) is 10.7. The van der Waals surface area contributed by atoms with E-state index < -0.39 is 0 Å². The molecule has 19 heavy (non-hydrogen) atoms. The Morgan fingerprint density at radius 3 is 2.89 bits per heavy atom. The highest BCUT2D eigenvalue weighted by molar-refractivity contribution is 5.97. The summed E-state index contributed by atoms with van der Waals surface area (Å²) in [5.41, 5.74) is 4.09. The lowest BCUT2D eigenvalue weighted by Crippen LogP contribution is -1.98. The average molecular weight is 250 g/mol. The molecule has 3 nitrogen and oxygen atoms in total. The topological polar surface area (TPSA) is 34.9 Å². The quantitative estimate of drug-likeness (QED) is 0.669. The first-order valence-corrected chi connectivity index (χ1v) is 6.21. The highest BCUT2D eigenvalue weighted by Gasteiger charge is 2.07. The number of aryl methyl sites for hydroxylation is 1. The largest absolute Gasteiger partial charge is 0.342 e. The number of carbonyl (C=O) groups excluding carboxylic acids is 1. The van der Waals surface area contributed by atoms with Crippen molar-refractivity contribution in [3.8, 4) is 0 Å². The molecule has 0 aliphatic heterocycles. The zero-order chi connectivity index (χ0) is 13.2. The first-order chi connectivity index (χ1) is 9.28. The molecule has 3 rings (SSSR count). The number of para-hydroxylation sites is 1. The van der Waals surface area contributed by atoms with Gasteiger partial charge in [-0.3, -0.25) is 9.78 Å². The van der Waals surface area contributed by atoms with Gasteiger partial charge in [-0.2, -0.15) is 0 Å². The number of carbonyl (C=O) groups is 1. The lowest BCUT2D eigenvalue weighted by Gasteiger charge is -2.05. The van der Waals surface area contributed by atoms with Crippen molar-refractivity contribution in [1.29, 1.82) is 0 Å². The second-order valence-corrected chi connectivity index (χ2v) is 4.72. The van der Waals surface area contributed by atoms with E-state index in [0.717, 1.165) is 40.4 Å². The molecule has 0 bridgehead atoms. The number of benzene rings is 1. The third kappa shape index (κ3) is 2.15. The molecule has 0 fully saturated rings. The molecule has 3 aromatic rings. The summed E-state index contributed by atoms with van der Waals surface area (Å²) in [5.74, 6) is 0. The first-order valence-electron chi connectivity index (χ1n) is 6.21. The summed E-state index contributed by atoms with van der Waals surface area (Å²) >= 11 is 0. The molecule has 0 atom stereocenters. The van der Waals surface area contributed by atoms with Crippen molar-refractivity contribution >= 4 is 17.2 Å². The summed E-state index contributed by atoms with van der Waals surface area (Å²) in [7, 11) is 0. The minimum absolute atomic E-state index is 0.725. The van der Waals surface area contributed by atoms with Crippen LogP contribution in [0.5, 0.6) is 0 Å². The number of fused-ring (bicyclic) bond motifs is 1. The number of rotatable bonds is 3. The predicted octanol–water partition coefficient (Wildman–Crippen LogP) is 3.21. The molecule has 1 aromatic carbocycles. The lowest BCUT2D eigenvalue weighted by molar-refractivity contribution is 0.112. The number of aromatic nitrogens is 2. The van der Waals surface area contributed by atoms with Gasteiger partial charge in [-0.05, 0) is 24.1 Å². The maximum Gasteiger partial charge on any atom is 0.152 e. The third-order valence-corrected chi connectivity index (χ3v) is 3.23. The van der Waals surface area contributed by atoms with Crippen LogP contribution in [-0.2, 0) is 6.54 Å². The van der Waals surface area contributed by atoms with Crippen LogP contribution in [0.15, 0.2) is 48.9 Å². The molecule has 0 N–H and O–H groups in total. The molecular weight excluding hydrogens is 236 g/mol. The van der Waals surface area contributed by atoms with Crippen molar-refractivity contribution in [3.05, 3.63) is 65.6 Å². The van der Waals surface area contributed by atoms with Crippen LogP contribution >= 0.6 is 0 Å². The van der Waals surface area contributed by atoms with E-state index in [1.54, 1.807) is 0 Å². The number of nitrogens with zero attached hydrogens (tertiary/aromatic N) is 2. The Morgan fingerprint density at radius 1 is 1.26 bits per heavy atom. The van der Waals surface area contributed by atoms with Crippen molar-refractivity contribution in [3.63, 3.8) is 0 Å². The van der Waals surface area contributed by atoms with E-state index >= 15 is 0 Å². The van der Waals surface area contributed by atoms with Gasteiger partial charge in [0.15, 0.2) is 6.29 Å². The predicted molar refractivity (Wildman–Crippen MR) is 75.4 cm³/mol. The Morgan fingerprint density at radius 2 is 2.11 bits per heavy atom. The van der Waals surface area contributed by atoms with Crippen LogP contribution in [0.2, 0.25) is 0 Å². The third-order valence-electron chi connectivity index (χ3n) is 3.23. The summed E-state index contributed by atoms with van der Waals surface area (Å²) in [6.45, 7) is 2.75. The normalized spacial score (nSPS) is 10.8. The number of aldehydes is 1. The van der Waals surface area contributed by atoms with Gasteiger partial charge in [0.05, 0.1) is 0 Å². The SMILES string of the molecule is Cc1cncc(Cn2cc(C=O)c3ccccc32)c1. The summed E-state index contributed by atoms with van der Waals surface area (Å²) in [6.07, 6.45) is 6.52. The van der Waals surface area contributed by atoms with Gasteiger partial charge in [-0.25, -0.2) is 0 Å². The van der Waals surface area contributed by atoms with Gasteiger partial charge in [-0.15, -0.1) is 0 Å². The molecule has 0 radical (unpaired) electrons. The molecule has 0 aliphatic rings. The summed E-state index contributed by atoms with van der Waals surface area (Å²) < 4.78 is 2.09. The van der Waals surface area contributed by atoms with Crippen LogP contribution in [0, 0.1) is 6.92 Å². The van der Waals surface area contributed by atoms with Gasteiger partial charge >= 0.3 is 0 Å². The molecule has 0 saturated carbocycles. The van der Waals surface area contributed by atoms with E-state index in [-0.39, 0.29) is 0 Å². The number of hydrogen-bond acceptors (Lipinski definition) is 2. The van der Waals surface area contributed by atoms with Crippen LogP contribution in [0.25, 0.3) is 10.9 Å². The van der Waals surface area contributed by atoms with Gasteiger partial charge in [0.25, 0.3) is 0 Å². The van der Waals surface area contributed by atoms with Crippen molar-refractivity contribution in [2.24, 2.45) is 0 Å². The fourth-order valence-corrected chi connectivity index (χ4v) is 2.40. The second-order valence-electron chi connectivity index (χ2n) is 4.72. The van der Waals surface area contributed by atoms with E-state index in [2.05, 4.69) is 15.6 Å². The standard InChI is InChI=1S/C16H14N2O/c1-12-6-13(8-17-7-12)9-18-10-14(11-19)15-4-2-3-5-16(15)18/h2-8,10-11H,9H2,1H3. The van der Waals surface area contributed by atoms with Crippen molar-refractivity contribution < 1.29 is 4.79 Å². The van der Waals surface area contributed by atoms with Gasteiger partial charge in [0.2, 0.25) is 0 Å². The Hall–Kier alpha value is -2.42. The van der Waals surface area contributed by atoms with Gasteiger partial charge in [0.1, 0.15) is 0 Å². The molecule has 94 valence electrons. The van der Waals surface area contributed by atoms with Crippen LogP contribution in [-0.4, -0.2) is 15.8 Å². The highest BCUT2D eigenvalue weighted by atomic mass is 16.1. The molecule has 0 unspecified atom stereocenters. The van der Waals surface area contributed by atoms with E-state index in [9.17, 15) is 4.79 Å². The minimum Gasteiger partial charge on any atom is -0.342 e. The van der Waals surface area contributed by atoms with Crippen LogP contribution in [0.1, 0.15) is 21.5 Å². The molecule has 0 spiro atoms. The molecular formula is C16H14N2O. The van der Waals surface area contributed by atoms with E-state index in [0.29, 0.717) is 0 Å². The van der Waals surface area contributed by atoms with Crippen LogP contribution < -0.4 is 0 Å². The lowest BCUT2D eigenvalue weighted by atomic mass is 10.2. The first kappa shape index (κ1) is 11.7. The van der Waals surface area contributed by atoms with Crippen molar-refractivity contribution in [2.45, 2.75) is 13.5 Å². The Bertz CT molecular complexity index is 743. The Kier molecular flexibility index (Phi) is 2.88. The van der Waals surface area contributed by atoms with E-state index in [1.807, 2.05) is 49.8 Å². The minimum atomic E-state index is 0.725. The molecule has 0 aliphatic carbocycles. The van der Waals surface area contributed by atoms with E-state index in [1.165, 1.54) is 0 Å². The summed E-state index contributed by atoms with van der Waals surface area (Å²) in [6, 6.07) is 10.1. The average Bonchev–Trinajstić information content (AvgIpc) is 2.77. The molecule has 2 aromatic heterocycles. The van der Waals surface area contributed by atoms with Crippen LogP contribution in [0.4, 0.5) is 0 Å². The monoisotopic (exact) mass is 250 g/mol. The number of hydrogen-bond donors (Lipinski definition) is 0. The van der Waals surface area contributed by atoms with Gasteiger partial charge in [0, 0.05) is 41.6 Å². The fourth-order valence-electron chi connectivity index (χ4n) is 2.40. The fraction of sp³-hybridized carbons (Fsp3) is 0.125. The number of pyridine rings is 1. The van der Waals surface area contributed by atoms with Gasteiger partial charge in [-0.1, -0.05) is 24.3 Å². The Labute approximate surface area is 111 Å². The highest BCUT2D eigenvalue weighted by Crippen LogP contribution is 2.21. The van der Waals surface area contributed by atoms with Crippen LogP contribution in [0.3, 0.4) is 0 Å².